The summed E-state index contributed by atoms with van der Waals surface area (Å²) < 4.78 is 23.1. The minimum absolute atomic E-state index is 0.0299. The number of nitro groups is 1. The molecule has 8 heteroatoms. The van der Waals surface area contributed by atoms with E-state index < -0.39 is 10.9 Å². The Morgan fingerprint density at radius 1 is 1.19 bits per heavy atom. The Hall–Kier alpha value is -3.81. The fourth-order valence-corrected chi connectivity index (χ4v) is 2.19. The molecule has 0 unspecified atom stereocenters. The van der Waals surface area contributed by atoms with Crippen molar-refractivity contribution in [1.82, 2.24) is 5.16 Å². The molecule has 2 aromatic carbocycles. The number of esters is 1. The molecule has 3 aromatic rings. The topological polar surface area (TPSA) is 95.5 Å². The largest absolute Gasteiger partial charge is 0.456 e. The molecule has 3 rings (SSSR count). The molecule has 1 aromatic heterocycles. The second-order valence-corrected chi connectivity index (χ2v) is 5.48. The summed E-state index contributed by atoms with van der Waals surface area (Å²) in [6.07, 6.45) is 2.70. The molecule has 0 atom stereocenters. The maximum absolute atomic E-state index is 12.9. The van der Waals surface area contributed by atoms with Gasteiger partial charge in [-0.15, -0.1) is 0 Å². The van der Waals surface area contributed by atoms with E-state index in [9.17, 15) is 19.3 Å². The molecule has 0 saturated carbocycles. The molecule has 0 bridgehead atoms. The summed E-state index contributed by atoms with van der Waals surface area (Å²) in [5.74, 6) is -0.519. The summed E-state index contributed by atoms with van der Waals surface area (Å²) in [6, 6.07) is 13.1. The number of hydrogen-bond donors (Lipinski definition) is 0. The Morgan fingerprint density at radius 2 is 1.89 bits per heavy atom. The third-order valence-electron chi connectivity index (χ3n) is 3.57. The first-order chi connectivity index (χ1) is 13.0. The molecule has 27 heavy (non-hydrogen) atoms. The average molecular weight is 368 g/mol. The zero-order valence-corrected chi connectivity index (χ0v) is 13.9. The number of non-ortho nitro benzene ring substituents is 1. The molecule has 136 valence electrons. The van der Waals surface area contributed by atoms with Crippen LogP contribution in [0, 0.1) is 15.9 Å². The minimum Gasteiger partial charge on any atom is -0.456 e. The maximum Gasteiger partial charge on any atom is 0.331 e. The number of ether oxygens (including phenoxy) is 1. The molecular weight excluding hydrogens is 355 g/mol. The highest BCUT2D eigenvalue weighted by atomic mass is 19.1. The first kappa shape index (κ1) is 18.0. The van der Waals surface area contributed by atoms with E-state index in [0.29, 0.717) is 22.6 Å². The summed E-state index contributed by atoms with van der Waals surface area (Å²) in [5.41, 5.74) is 1.65. The van der Waals surface area contributed by atoms with Crippen molar-refractivity contribution >= 4 is 17.7 Å². The summed E-state index contributed by atoms with van der Waals surface area (Å²) in [7, 11) is 0. The van der Waals surface area contributed by atoms with Gasteiger partial charge in [-0.3, -0.25) is 10.1 Å². The van der Waals surface area contributed by atoms with Crippen molar-refractivity contribution in [3.8, 4) is 11.3 Å². The van der Waals surface area contributed by atoms with E-state index in [2.05, 4.69) is 5.16 Å². The minimum atomic E-state index is -0.598. The molecule has 0 fully saturated rings. The zero-order valence-electron chi connectivity index (χ0n) is 13.9. The lowest BCUT2D eigenvalue weighted by molar-refractivity contribution is -0.384. The van der Waals surface area contributed by atoms with Crippen LogP contribution in [0.5, 0.6) is 0 Å². The van der Waals surface area contributed by atoms with Crippen molar-refractivity contribution in [2.24, 2.45) is 0 Å². The van der Waals surface area contributed by atoms with E-state index in [1.165, 1.54) is 48.6 Å². The van der Waals surface area contributed by atoms with E-state index >= 15 is 0 Å². The van der Waals surface area contributed by atoms with Crippen LogP contribution >= 0.6 is 0 Å². The normalized spacial score (nSPS) is 10.9. The first-order valence-electron chi connectivity index (χ1n) is 7.82. The molecule has 0 amide bonds. The van der Waals surface area contributed by atoms with E-state index in [1.807, 2.05) is 0 Å². The van der Waals surface area contributed by atoms with Gasteiger partial charge < -0.3 is 9.26 Å². The molecule has 0 saturated heterocycles. The Kier molecular flexibility index (Phi) is 5.36. The van der Waals surface area contributed by atoms with Gasteiger partial charge >= 0.3 is 5.97 Å². The van der Waals surface area contributed by atoms with Crippen molar-refractivity contribution < 1.29 is 23.4 Å². The van der Waals surface area contributed by atoms with Crippen LogP contribution in [-0.2, 0) is 16.1 Å². The van der Waals surface area contributed by atoms with Gasteiger partial charge in [-0.25, -0.2) is 9.18 Å². The monoisotopic (exact) mass is 368 g/mol. The van der Waals surface area contributed by atoms with Gasteiger partial charge in [0, 0.05) is 29.8 Å². The maximum atomic E-state index is 12.9. The lowest BCUT2D eigenvalue weighted by Gasteiger charge is -1.98. The highest BCUT2D eigenvalue weighted by molar-refractivity contribution is 5.87. The Balaban J connectivity index is 1.54. The summed E-state index contributed by atoms with van der Waals surface area (Å²) in [4.78, 5) is 21.9. The van der Waals surface area contributed by atoms with Crippen LogP contribution < -0.4 is 0 Å². The van der Waals surface area contributed by atoms with Gasteiger partial charge in [0.1, 0.15) is 18.1 Å². The fourth-order valence-electron chi connectivity index (χ4n) is 2.19. The van der Waals surface area contributed by atoms with Crippen LogP contribution in [-0.4, -0.2) is 16.0 Å². The Morgan fingerprint density at radius 3 is 2.56 bits per heavy atom. The molecule has 0 N–H and O–H groups in total. The van der Waals surface area contributed by atoms with Gasteiger partial charge in [0.15, 0.2) is 5.76 Å². The van der Waals surface area contributed by atoms with E-state index in [-0.39, 0.29) is 18.1 Å². The van der Waals surface area contributed by atoms with Crippen LogP contribution in [0.25, 0.3) is 17.4 Å². The highest BCUT2D eigenvalue weighted by Gasteiger charge is 2.09. The molecule has 0 aliphatic heterocycles. The van der Waals surface area contributed by atoms with Crippen LogP contribution in [0.3, 0.4) is 0 Å². The Labute approximate surface area is 152 Å². The lowest BCUT2D eigenvalue weighted by Crippen LogP contribution is -2.00. The second-order valence-electron chi connectivity index (χ2n) is 5.48. The van der Waals surface area contributed by atoms with E-state index in [0.717, 1.165) is 0 Å². The van der Waals surface area contributed by atoms with Gasteiger partial charge in [-0.05, 0) is 48.0 Å². The third-order valence-corrected chi connectivity index (χ3v) is 3.57. The fraction of sp³-hybridized carbons (Fsp3) is 0.0526. The van der Waals surface area contributed by atoms with Crippen LogP contribution in [0.4, 0.5) is 10.1 Å². The van der Waals surface area contributed by atoms with Gasteiger partial charge in [0.05, 0.1) is 4.92 Å². The molecule has 1 heterocycles. The number of hydrogen-bond acceptors (Lipinski definition) is 6. The highest BCUT2D eigenvalue weighted by Crippen LogP contribution is 2.21. The third kappa shape index (κ3) is 4.85. The van der Waals surface area contributed by atoms with Crippen molar-refractivity contribution in [3.05, 3.63) is 87.9 Å². The Bertz CT molecular complexity index is 978. The van der Waals surface area contributed by atoms with Crippen LogP contribution in [0.15, 0.2) is 65.2 Å². The molecule has 0 aliphatic carbocycles. The molecule has 0 radical (unpaired) electrons. The molecule has 7 nitrogen and oxygen atoms in total. The number of rotatable bonds is 6. The van der Waals surface area contributed by atoms with Crippen LogP contribution in [0.1, 0.15) is 11.3 Å². The number of halogens is 1. The standard InChI is InChI=1S/C19H13FN2O5/c20-15-6-4-14(5-7-15)18-11-16(21-27-18)12-26-19(23)10-3-13-1-8-17(9-2-13)22(24)25/h1-11H,12H2/b10-3-. The number of benzene rings is 2. The molecule has 0 aliphatic rings. The zero-order chi connectivity index (χ0) is 19.2. The van der Waals surface area contributed by atoms with Crippen molar-refractivity contribution in [2.45, 2.75) is 6.61 Å². The number of nitro benzene ring substituents is 1. The van der Waals surface area contributed by atoms with E-state index in [1.54, 1.807) is 18.2 Å². The van der Waals surface area contributed by atoms with Crippen LogP contribution in [0.2, 0.25) is 0 Å². The first-order valence-corrected chi connectivity index (χ1v) is 7.82. The molecular formula is C19H13FN2O5. The predicted molar refractivity (Wildman–Crippen MR) is 93.8 cm³/mol. The lowest BCUT2D eigenvalue weighted by atomic mass is 10.1. The second kappa shape index (κ2) is 8.05. The summed E-state index contributed by atoms with van der Waals surface area (Å²) >= 11 is 0. The molecule has 0 spiro atoms. The predicted octanol–water partition coefficient (Wildman–Crippen LogP) is 4.15. The number of aromatic nitrogens is 1. The summed E-state index contributed by atoms with van der Waals surface area (Å²) in [5, 5.41) is 14.4. The average Bonchev–Trinajstić information content (AvgIpc) is 3.14. The van der Waals surface area contributed by atoms with Crippen molar-refractivity contribution in [3.63, 3.8) is 0 Å². The van der Waals surface area contributed by atoms with Crippen molar-refractivity contribution in [2.75, 3.05) is 0 Å². The van der Waals surface area contributed by atoms with Gasteiger partial charge in [0.25, 0.3) is 5.69 Å². The number of carbonyl (C=O) groups is 1. The van der Waals surface area contributed by atoms with Gasteiger partial charge in [-0.2, -0.15) is 0 Å². The SMILES string of the molecule is O=C(/C=C\c1ccc([N+](=O)[O-])cc1)OCc1cc(-c2ccc(F)cc2)on1. The summed E-state index contributed by atoms with van der Waals surface area (Å²) in [6.45, 7) is -0.0892. The van der Waals surface area contributed by atoms with Gasteiger partial charge in [0.2, 0.25) is 0 Å². The van der Waals surface area contributed by atoms with E-state index in [4.69, 9.17) is 9.26 Å². The quantitative estimate of drug-likeness (QED) is 0.281. The van der Waals surface area contributed by atoms with Crippen molar-refractivity contribution in [1.29, 1.82) is 0 Å². The smallest absolute Gasteiger partial charge is 0.331 e. The number of carbonyl (C=O) groups excluding carboxylic acids is 1. The number of nitrogens with zero attached hydrogens (tertiary/aromatic N) is 2. The van der Waals surface area contributed by atoms with Gasteiger partial charge in [-0.1, -0.05) is 5.16 Å².